The molecule has 2 nitrogen and oxygen atoms in total. The van der Waals surface area contributed by atoms with Gasteiger partial charge in [0.2, 0.25) is 0 Å². The van der Waals surface area contributed by atoms with E-state index < -0.39 is 0 Å². The van der Waals surface area contributed by atoms with Gasteiger partial charge in [0.25, 0.3) is 0 Å². The number of nitrogens with one attached hydrogen (secondary N) is 1. The predicted molar refractivity (Wildman–Crippen MR) is 87.1 cm³/mol. The molecule has 0 bridgehead atoms. The third-order valence-electron chi connectivity index (χ3n) is 4.21. The molecule has 1 saturated carbocycles. The molecule has 1 aliphatic rings. The van der Waals surface area contributed by atoms with Gasteiger partial charge in [-0.15, -0.1) is 0 Å². The second-order valence-corrected chi connectivity index (χ2v) is 6.73. The van der Waals surface area contributed by atoms with E-state index in [2.05, 4.69) is 62.3 Å². The highest BCUT2D eigenvalue weighted by Gasteiger charge is 2.25. The Labute approximate surface area is 124 Å². The molecule has 0 heterocycles. The quantitative estimate of drug-likeness (QED) is 0.779. The Morgan fingerprint density at radius 3 is 2.35 bits per heavy atom. The van der Waals surface area contributed by atoms with Crippen LogP contribution in [0.2, 0.25) is 0 Å². The molecule has 0 radical (unpaired) electrons. The maximum atomic E-state index is 3.63. The molecule has 0 aliphatic heterocycles. The normalized spacial score (nSPS) is 16.9. The van der Waals surface area contributed by atoms with E-state index >= 15 is 0 Å². The summed E-state index contributed by atoms with van der Waals surface area (Å²) in [4.78, 5) is 2.48. The van der Waals surface area contributed by atoms with Gasteiger partial charge in [-0.05, 0) is 50.3 Å². The van der Waals surface area contributed by atoms with E-state index in [1.54, 1.807) is 0 Å². The fourth-order valence-corrected chi connectivity index (χ4v) is 2.69. The highest BCUT2D eigenvalue weighted by molar-refractivity contribution is 5.25. The van der Waals surface area contributed by atoms with Crippen molar-refractivity contribution < 1.29 is 0 Å². The van der Waals surface area contributed by atoms with E-state index in [1.807, 2.05) is 0 Å². The van der Waals surface area contributed by atoms with Crippen LogP contribution in [0.5, 0.6) is 0 Å². The number of rotatable bonds is 8. The van der Waals surface area contributed by atoms with E-state index in [-0.39, 0.29) is 0 Å². The monoisotopic (exact) mass is 274 g/mol. The average Bonchev–Trinajstić information content (AvgIpc) is 3.23. The molecular weight excluding hydrogens is 244 g/mol. The Balaban J connectivity index is 1.74. The largest absolute Gasteiger partial charge is 0.309 e. The summed E-state index contributed by atoms with van der Waals surface area (Å²) in [6.45, 7) is 9.03. The van der Waals surface area contributed by atoms with Crippen LogP contribution in [-0.4, -0.2) is 31.1 Å². The van der Waals surface area contributed by atoms with Gasteiger partial charge in [0.1, 0.15) is 0 Å². The van der Waals surface area contributed by atoms with Crippen molar-refractivity contribution in [3.05, 3.63) is 35.4 Å². The molecule has 1 aliphatic carbocycles. The van der Waals surface area contributed by atoms with Crippen LogP contribution in [0.15, 0.2) is 24.3 Å². The zero-order chi connectivity index (χ0) is 14.5. The topological polar surface area (TPSA) is 15.3 Å². The van der Waals surface area contributed by atoms with Crippen LogP contribution in [-0.2, 0) is 6.42 Å². The van der Waals surface area contributed by atoms with E-state index in [4.69, 9.17) is 0 Å². The summed E-state index contributed by atoms with van der Waals surface area (Å²) >= 11 is 0. The van der Waals surface area contributed by atoms with E-state index in [1.165, 1.54) is 30.4 Å². The van der Waals surface area contributed by atoms with Gasteiger partial charge in [-0.25, -0.2) is 0 Å². The lowest BCUT2D eigenvalue weighted by atomic mass is 10.00. The lowest BCUT2D eigenvalue weighted by Gasteiger charge is -2.19. The maximum Gasteiger partial charge on any atom is 0.0292 e. The van der Waals surface area contributed by atoms with Gasteiger partial charge in [-0.1, -0.05) is 38.1 Å². The zero-order valence-electron chi connectivity index (χ0n) is 13.5. The van der Waals surface area contributed by atoms with E-state index in [9.17, 15) is 0 Å². The molecule has 1 fully saturated rings. The van der Waals surface area contributed by atoms with Gasteiger partial charge >= 0.3 is 0 Å². The zero-order valence-corrected chi connectivity index (χ0v) is 13.5. The third-order valence-corrected chi connectivity index (χ3v) is 4.21. The molecule has 2 heteroatoms. The second-order valence-electron chi connectivity index (χ2n) is 6.73. The molecule has 0 amide bonds. The van der Waals surface area contributed by atoms with Crippen LogP contribution >= 0.6 is 0 Å². The fourth-order valence-electron chi connectivity index (χ4n) is 2.69. The summed E-state index contributed by atoms with van der Waals surface area (Å²) in [7, 11) is 2.24. The van der Waals surface area contributed by atoms with Gasteiger partial charge in [0, 0.05) is 25.2 Å². The molecule has 1 aromatic carbocycles. The number of nitrogens with zero attached hydrogens (tertiary/aromatic N) is 1. The van der Waals surface area contributed by atoms with E-state index in [0.717, 1.165) is 25.0 Å². The summed E-state index contributed by atoms with van der Waals surface area (Å²) in [5, 5.41) is 3.63. The van der Waals surface area contributed by atoms with Gasteiger partial charge in [0.15, 0.2) is 0 Å². The number of hydrogen-bond donors (Lipinski definition) is 1. The molecule has 0 spiro atoms. The molecule has 1 N–H and O–H groups in total. The van der Waals surface area contributed by atoms with Crippen molar-refractivity contribution in [2.75, 3.05) is 20.1 Å². The molecule has 1 atom stereocenters. The van der Waals surface area contributed by atoms with Crippen molar-refractivity contribution >= 4 is 0 Å². The van der Waals surface area contributed by atoms with Crippen molar-refractivity contribution in [2.24, 2.45) is 5.92 Å². The van der Waals surface area contributed by atoms with Crippen LogP contribution in [0.1, 0.15) is 50.8 Å². The summed E-state index contributed by atoms with van der Waals surface area (Å²) in [6.07, 6.45) is 3.96. The van der Waals surface area contributed by atoms with Gasteiger partial charge in [-0.2, -0.15) is 0 Å². The Bertz CT molecular complexity index is 392. The minimum Gasteiger partial charge on any atom is -0.309 e. The highest BCUT2D eigenvalue weighted by atomic mass is 15.2. The maximum absolute atomic E-state index is 3.63. The summed E-state index contributed by atoms with van der Waals surface area (Å²) in [6, 6.07) is 10.4. The SMILES string of the molecule is CC(C)Cc1ccc(C(C)NCCN(C)C2CC2)cc1. The smallest absolute Gasteiger partial charge is 0.0292 e. The van der Waals surface area contributed by atoms with Gasteiger partial charge in [-0.3, -0.25) is 0 Å². The number of likely N-dealkylation sites (N-methyl/N-ethyl adjacent to an activating group) is 1. The Kier molecular flexibility index (Phi) is 5.62. The van der Waals surface area contributed by atoms with Gasteiger partial charge < -0.3 is 10.2 Å². The summed E-state index contributed by atoms with van der Waals surface area (Å²) in [5.41, 5.74) is 2.84. The second kappa shape index (κ2) is 7.24. The Morgan fingerprint density at radius 1 is 1.15 bits per heavy atom. The van der Waals surface area contributed by atoms with Crippen LogP contribution in [0.25, 0.3) is 0 Å². The molecule has 112 valence electrons. The summed E-state index contributed by atoms with van der Waals surface area (Å²) < 4.78 is 0. The van der Waals surface area contributed by atoms with Crippen LogP contribution in [0, 0.1) is 5.92 Å². The Hall–Kier alpha value is -0.860. The van der Waals surface area contributed by atoms with Crippen LogP contribution < -0.4 is 5.32 Å². The predicted octanol–water partition coefficient (Wildman–Crippen LogP) is 3.63. The van der Waals surface area contributed by atoms with Crippen LogP contribution in [0.3, 0.4) is 0 Å². The fraction of sp³-hybridized carbons (Fsp3) is 0.667. The summed E-state index contributed by atoms with van der Waals surface area (Å²) in [5.74, 6) is 0.731. The number of benzene rings is 1. The number of hydrogen-bond acceptors (Lipinski definition) is 2. The minimum absolute atomic E-state index is 0.440. The highest BCUT2D eigenvalue weighted by Crippen LogP contribution is 2.24. The third kappa shape index (κ3) is 4.92. The van der Waals surface area contributed by atoms with Crippen LogP contribution in [0.4, 0.5) is 0 Å². The molecule has 1 unspecified atom stereocenters. The molecule has 2 rings (SSSR count). The Morgan fingerprint density at radius 2 is 1.80 bits per heavy atom. The lowest BCUT2D eigenvalue weighted by molar-refractivity contribution is 0.316. The van der Waals surface area contributed by atoms with E-state index in [0.29, 0.717) is 6.04 Å². The van der Waals surface area contributed by atoms with Crippen molar-refractivity contribution in [3.63, 3.8) is 0 Å². The molecule has 20 heavy (non-hydrogen) atoms. The van der Waals surface area contributed by atoms with Crippen molar-refractivity contribution in [2.45, 2.75) is 52.1 Å². The molecule has 0 aromatic heterocycles. The minimum atomic E-state index is 0.440. The molecule has 0 saturated heterocycles. The molecular formula is C18H30N2. The van der Waals surface area contributed by atoms with Gasteiger partial charge in [0.05, 0.1) is 0 Å². The first-order chi connectivity index (χ1) is 9.56. The first kappa shape index (κ1) is 15.5. The van der Waals surface area contributed by atoms with Crippen molar-refractivity contribution in [1.29, 1.82) is 0 Å². The standard InChI is InChI=1S/C18H30N2/c1-14(2)13-16-5-7-17(8-6-16)15(3)19-11-12-20(4)18-9-10-18/h5-8,14-15,18-19H,9-13H2,1-4H3. The van der Waals surface area contributed by atoms with Crippen molar-refractivity contribution in [1.82, 2.24) is 10.2 Å². The molecule has 1 aromatic rings. The first-order valence-corrected chi connectivity index (χ1v) is 8.08. The average molecular weight is 274 g/mol. The first-order valence-electron chi connectivity index (χ1n) is 8.08. The lowest BCUT2D eigenvalue weighted by Crippen LogP contribution is -2.31. The van der Waals surface area contributed by atoms with Crippen molar-refractivity contribution in [3.8, 4) is 0 Å².